The molecule has 0 atom stereocenters. The standard InChI is InChI=1S/C7H11NO.ClH/c9-6-1-2-7(3-6)4-8-5-7;/h8H,1-5H2;1H. The predicted octanol–water partition coefficient (Wildman–Crippen LogP) is 0.751. The highest BCUT2D eigenvalue weighted by molar-refractivity contribution is 5.85. The van der Waals surface area contributed by atoms with E-state index in [-0.39, 0.29) is 12.4 Å². The van der Waals surface area contributed by atoms with Crippen molar-refractivity contribution in [3.63, 3.8) is 0 Å². The van der Waals surface area contributed by atoms with Crippen molar-refractivity contribution in [1.29, 1.82) is 0 Å². The zero-order valence-corrected chi connectivity index (χ0v) is 6.67. The van der Waals surface area contributed by atoms with Crippen molar-refractivity contribution in [2.75, 3.05) is 13.1 Å². The third kappa shape index (κ3) is 1.06. The minimum atomic E-state index is 0. The Kier molecular flexibility index (Phi) is 2.02. The molecule has 1 aliphatic carbocycles. The summed E-state index contributed by atoms with van der Waals surface area (Å²) in [6.07, 6.45) is 2.82. The Morgan fingerprint density at radius 1 is 1.40 bits per heavy atom. The van der Waals surface area contributed by atoms with E-state index in [0.717, 1.165) is 32.4 Å². The van der Waals surface area contributed by atoms with Crippen molar-refractivity contribution in [3.05, 3.63) is 0 Å². The van der Waals surface area contributed by atoms with E-state index in [0.29, 0.717) is 11.2 Å². The van der Waals surface area contributed by atoms with Crippen LogP contribution in [0, 0.1) is 5.41 Å². The molecule has 2 aliphatic rings. The summed E-state index contributed by atoms with van der Waals surface area (Å²) in [5.74, 6) is 0.469. The highest BCUT2D eigenvalue weighted by Gasteiger charge is 2.42. The summed E-state index contributed by atoms with van der Waals surface area (Å²) in [5, 5.41) is 3.21. The van der Waals surface area contributed by atoms with Crippen LogP contribution in [0.15, 0.2) is 0 Å². The molecule has 58 valence electrons. The van der Waals surface area contributed by atoms with Gasteiger partial charge in [0.1, 0.15) is 5.78 Å². The first-order valence-electron chi connectivity index (χ1n) is 3.53. The Balaban J connectivity index is 0.000000500. The summed E-state index contributed by atoms with van der Waals surface area (Å²) >= 11 is 0. The summed E-state index contributed by atoms with van der Waals surface area (Å²) in [6.45, 7) is 2.16. The number of hydrogen-bond donors (Lipinski definition) is 1. The van der Waals surface area contributed by atoms with Gasteiger partial charge in [0.05, 0.1) is 0 Å². The molecule has 2 fully saturated rings. The fourth-order valence-corrected chi connectivity index (χ4v) is 1.78. The summed E-state index contributed by atoms with van der Waals surface area (Å²) in [6, 6.07) is 0. The number of carbonyl (C=O) groups excluding carboxylic acids is 1. The van der Waals surface area contributed by atoms with Gasteiger partial charge in [0.15, 0.2) is 0 Å². The van der Waals surface area contributed by atoms with Crippen molar-refractivity contribution in [3.8, 4) is 0 Å². The predicted molar refractivity (Wildman–Crippen MR) is 41.4 cm³/mol. The van der Waals surface area contributed by atoms with Gasteiger partial charge >= 0.3 is 0 Å². The Morgan fingerprint density at radius 2 is 2.10 bits per heavy atom. The Bertz CT molecular complexity index is 154. The molecule has 1 aliphatic heterocycles. The lowest BCUT2D eigenvalue weighted by Crippen LogP contribution is -2.51. The molecule has 0 unspecified atom stereocenters. The van der Waals surface area contributed by atoms with Gasteiger partial charge in [0, 0.05) is 31.3 Å². The molecule has 3 heteroatoms. The van der Waals surface area contributed by atoms with E-state index >= 15 is 0 Å². The highest BCUT2D eigenvalue weighted by atomic mass is 35.5. The maximum atomic E-state index is 10.8. The van der Waals surface area contributed by atoms with Gasteiger partial charge in [-0.3, -0.25) is 4.79 Å². The third-order valence-electron chi connectivity index (χ3n) is 2.51. The van der Waals surface area contributed by atoms with Gasteiger partial charge < -0.3 is 5.32 Å². The fraction of sp³-hybridized carbons (Fsp3) is 0.857. The van der Waals surface area contributed by atoms with Gasteiger partial charge in [0.25, 0.3) is 0 Å². The second-order valence-corrected chi connectivity index (χ2v) is 3.32. The normalized spacial score (nSPS) is 27.8. The summed E-state index contributed by atoms with van der Waals surface area (Å²) < 4.78 is 0. The average Bonchev–Trinajstić information content (AvgIpc) is 2.09. The first-order valence-corrected chi connectivity index (χ1v) is 3.53. The first kappa shape index (κ1) is 8.02. The van der Waals surface area contributed by atoms with Gasteiger partial charge in [-0.2, -0.15) is 0 Å². The van der Waals surface area contributed by atoms with E-state index in [4.69, 9.17) is 0 Å². The number of ketones is 1. The van der Waals surface area contributed by atoms with E-state index in [9.17, 15) is 4.79 Å². The average molecular weight is 162 g/mol. The molecular formula is C7H12ClNO. The third-order valence-corrected chi connectivity index (χ3v) is 2.51. The van der Waals surface area contributed by atoms with E-state index in [1.165, 1.54) is 0 Å². The molecule has 2 nitrogen and oxygen atoms in total. The summed E-state index contributed by atoms with van der Waals surface area (Å²) in [7, 11) is 0. The topological polar surface area (TPSA) is 29.1 Å². The van der Waals surface area contributed by atoms with E-state index in [2.05, 4.69) is 5.32 Å². The number of carbonyl (C=O) groups is 1. The summed E-state index contributed by atoms with van der Waals surface area (Å²) in [4.78, 5) is 10.8. The van der Waals surface area contributed by atoms with Crippen LogP contribution in [0.4, 0.5) is 0 Å². The monoisotopic (exact) mass is 161 g/mol. The Hall–Kier alpha value is -0.0800. The van der Waals surface area contributed by atoms with Crippen molar-refractivity contribution in [2.24, 2.45) is 5.41 Å². The number of hydrogen-bond acceptors (Lipinski definition) is 2. The zero-order valence-electron chi connectivity index (χ0n) is 5.85. The van der Waals surface area contributed by atoms with Gasteiger partial charge in [-0.1, -0.05) is 0 Å². The lowest BCUT2D eigenvalue weighted by molar-refractivity contribution is -0.118. The summed E-state index contributed by atoms with van der Waals surface area (Å²) in [5.41, 5.74) is 0.428. The van der Waals surface area contributed by atoms with Crippen LogP contribution in [0.25, 0.3) is 0 Å². The number of rotatable bonds is 0. The fourth-order valence-electron chi connectivity index (χ4n) is 1.78. The molecule has 2 rings (SSSR count). The maximum Gasteiger partial charge on any atom is 0.133 e. The molecule has 10 heavy (non-hydrogen) atoms. The molecule has 0 aromatic heterocycles. The van der Waals surface area contributed by atoms with Crippen molar-refractivity contribution in [1.82, 2.24) is 5.32 Å². The van der Waals surface area contributed by atoms with Crippen LogP contribution in [0.3, 0.4) is 0 Å². The van der Waals surface area contributed by atoms with E-state index in [1.807, 2.05) is 0 Å². The second-order valence-electron chi connectivity index (χ2n) is 3.32. The van der Waals surface area contributed by atoms with Crippen LogP contribution in [-0.2, 0) is 4.79 Å². The lowest BCUT2D eigenvalue weighted by atomic mass is 9.80. The molecule has 0 radical (unpaired) electrons. The van der Waals surface area contributed by atoms with Crippen LogP contribution in [0.2, 0.25) is 0 Å². The van der Waals surface area contributed by atoms with Gasteiger partial charge in [-0.25, -0.2) is 0 Å². The number of Topliss-reactive ketones (excluding diaryl/α,β-unsaturated/α-hetero) is 1. The number of nitrogens with one attached hydrogen (secondary N) is 1. The van der Waals surface area contributed by atoms with E-state index in [1.54, 1.807) is 0 Å². The van der Waals surface area contributed by atoms with E-state index < -0.39 is 0 Å². The first-order chi connectivity index (χ1) is 4.31. The van der Waals surface area contributed by atoms with Crippen LogP contribution >= 0.6 is 12.4 Å². The largest absolute Gasteiger partial charge is 0.316 e. The van der Waals surface area contributed by atoms with Crippen LogP contribution in [0.5, 0.6) is 0 Å². The smallest absolute Gasteiger partial charge is 0.133 e. The molecule has 0 aromatic rings. The molecule has 1 N–H and O–H groups in total. The SMILES string of the molecule is Cl.O=C1CCC2(CNC2)C1. The van der Waals surface area contributed by atoms with Crippen LogP contribution < -0.4 is 5.32 Å². The zero-order chi connectivity index (χ0) is 6.32. The van der Waals surface area contributed by atoms with Crippen LogP contribution in [0.1, 0.15) is 19.3 Å². The van der Waals surface area contributed by atoms with Crippen molar-refractivity contribution < 1.29 is 4.79 Å². The van der Waals surface area contributed by atoms with Crippen molar-refractivity contribution >= 4 is 18.2 Å². The second kappa shape index (κ2) is 2.51. The Morgan fingerprint density at radius 3 is 2.30 bits per heavy atom. The molecule has 1 spiro atoms. The van der Waals surface area contributed by atoms with Gasteiger partial charge in [-0.05, 0) is 6.42 Å². The van der Waals surface area contributed by atoms with Crippen molar-refractivity contribution in [2.45, 2.75) is 19.3 Å². The lowest BCUT2D eigenvalue weighted by Gasteiger charge is -2.38. The molecular weight excluding hydrogens is 150 g/mol. The quantitative estimate of drug-likeness (QED) is 0.568. The molecule has 0 aromatic carbocycles. The number of halogens is 1. The molecule has 0 bridgehead atoms. The van der Waals surface area contributed by atoms with Gasteiger partial charge in [0.2, 0.25) is 0 Å². The molecule has 1 heterocycles. The minimum Gasteiger partial charge on any atom is -0.316 e. The molecule has 1 saturated heterocycles. The maximum absolute atomic E-state index is 10.8. The minimum absolute atomic E-state index is 0. The van der Waals surface area contributed by atoms with Gasteiger partial charge in [-0.15, -0.1) is 12.4 Å². The highest BCUT2D eigenvalue weighted by Crippen LogP contribution is 2.38. The molecule has 1 saturated carbocycles. The molecule has 0 amide bonds. The Labute approximate surface area is 66.8 Å². The van der Waals surface area contributed by atoms with Crippen LogP contribution in [-0.4, -0.2) is 18.9 Å².